The van der Waals surface area contributed by atoms with E-state index in [0.717, 1.165) is 24.5 Å². The highest BCUT2D eigenvalue weighted by molar-refractivity contribution is 6.11. The molecule has 1 unspecified atom stereocenters. The van der Waals surface area contributed by atoms with Crippen molar-refractivity contribution in [2.24, 2.45) is 0 Å². The molecule has 1 amide bonds. The van der Waals surface area contributed by atoms with Gasteiger partial charge in [-0.05, 0) is 18.4 Å². The summed E-state index contributed by atoms with van der Waals surface area (Å²) in [7, 11) is 0. The molecule has 0 fully saturated rings. The van der Waals surface area contributed by atoms with Crippen molar-refractivity contribution < 1.29 is 19.6 Å². The zero-order valence-electron chi connectivity index (χ0n) is 13.8. The zero-order valence-corrected chi connectivity index (χ0v) is 13.8. The Morgan fingerprint density at radius 3 is 2.81 bits per heavy atom. The largest absolute Gasteiger partial charge is 0.375 e. The molecule has 0 bridgehead atoms. The predicted octanol–water partition coefficient (Wildman–Crippen LogP) is 2.35. The van der Waals surface area contributed by atoms with Gasteiger partial charge in [-0.25, -0.2) is 0 Å². The summed E-state index contributed by atoms with van der Waals surface area (Å²) in [5.74, 6) is -1.01. The molecule has 132 valence electrons. The first-order valence-corrected chi connectivity index (χ1v) is 8.36. The standard InChI is InChI=1S/C19H16N2O5/c22-16(13-5-1-7-14(10-13)21(25)26)11-19(24)15-8-2-4-12-6-3-9-20(17(12)15)18(19)23/h1-2,4-5,7-8,10,24H,3,6,9,11H2. The predicted molar refractivity (Wildman–Crippen MR) is 93.1 cm³/mol. The number of Topliss-reactive ketones (excluding diaryl/α,β-unsaturated/α-hetero) is 1. The van der Waals surface area contributed by atoms with Gasteiger partial charge in [0.05, 0.1) is 17.0 Å². The maximum absolute atomic E-state index is 12.9. The Hall–Kier alpha value is -3.06. The third-order valence-corrected chi connectivity index (χ3v) is 5.06. The van der Waals surface area contributed by atoms with E-state index in [1.54, 1.807) is 17.0 Å². The average Bonchev–Trinajstić information content (AvgIpc) is 2.86. The van der Waals surface area contributed by atoms with Crippen LogP contribution in [0.5, 0.6) is 0 Å². The number of nitro benzene ring substituents is 1. The van der Waals surface area contributed by atoms with E-state index < -0.39 is 28.6 Å². The lowest BCUT2D eigenvalue weighted by molar-refractivity contribution is -0.384. The van der Waals surface area contributed by atoms with Crippen LogP contribution in [0.4, 0.5) is 11.4 Å². The van der Waals surface area contributed by atoms with Gasteiger partial charge in [0, 0.05) is 29.8 Å². The van der Waals surface area contributed by atoms with Gasteiger partial charge in [-0.1, -0.05) is 30.3 Å². The number of non-ortho nitro benzene ring substituents is 1. The van der Waals surface area contributed by atoms with Gasteiger partial charge in [0.1, 0.15) is 0 Å². The van der Waals surface area contributed by atoms with Crippen molar-refractivity contribution in [3.8, 4) is 0 Å². The molecule has 7 nitrogen and oxygen atoms in total. The van der Waals surface area contributed by atoms with Crippen LogP contribution in [-0.4, -0.2) is 28.3 Å². The van der Waals surface area contributed by atoms with Crippen LogP contribution in [0.25, 0.3) is 0 Å². The molecule has 0 spiro atoms. The third-order valence-electron chi connectivity index (χ3n) is 5.06. The van der Waals surface area contributed by atoms with Gasteiger partial charge in [0.25, 0.3) is 11.6 Å². The first kappa shape index (κ1) is 16.4. The van der Waals surface area contributed by atoms with Gasteiger partial charge in [0.2, 0.25) is 0 Å². The van der Waals surface area contributed by atoms with E-state index in [9.17, 15) is 24.8 Å². The maximum Gasteiger partial charge on any atom is 0.270 e. The SMILES string of the molecule is O=C(CC1(O)C(=O)N2CCCc3cccc1c32)c1cccc([N+](=O)[O-])c1. The van der Waals surface area contributed by atoms with E-state index in [2.05, 4.69) is 0 Å². The number of nitro groups is 1. The summed E-state index contributed by atoms with van der Waals surface area (Å²) in [4.78, 5) is 37.4. The summed E-state index contributed by atoms with van der Waals surface area (Å²) in [5.41, 5.74) is 0.101. The summed E-state index contributed by atoms with van der Waals surface area (Å²) in [6.07, 6.45) is 1.18. The molecule has 2 aromatic rings. The number of hydrogen-bond acceptors (Lipinski definition) is 5. The van der Waals surface area contributed by atoms with Crippen LogP contribution >= 0.6 is 0 Å². The van der Waals surface area contributed by atoms with Crippen molar-refractivity contribution in [2.45, 2.75) is 24.9 Å². The molecular weight excluding hydrogens is 336 g/mol. The lowest BCUT2D eigenvalue weighted by Crippen LogP contribution is -2.42. The van der Waals surface area contributed by atoms with Gasteiger partial charge in [-0.3, -0.25) is 19.7 Å². The molecule has 4 rings (SSSR count). The number of benzene rings is 2. The minimum atomic E-state index is -1.93. The Bertz CT molecular complexity index is 955. The summed E-state index contributed by atoms with van der Waals surface area (Å²) < 4.78 is 0. The van der Waals surface area contributed by atoms with Crippen molar-refractivity contribution in [3.63, 3.8) is 0 Å². The number of aliphatic hydroxyl groups is 1. The third kappa shape index (κ3) is 2.32. The maximum atomic E-state index is 12.9. The van der Waals surface area contributed by atoms with Crippen molar-refractivity contribution in [3.05, 3.63) is 69.3 Å². The van der Waals surface area contributed by atoms with Crippen LogP contribution in [-0.2, 0) is 16.8 Å². The summed E-state index contributed by atoms with van der Waals surface area (Å²) in [6, 6.07) is 10.7. The van der Waals surface area contributed by atoms with E-state index in [4.69, 9.17) is 0 Å². The summed E-state index contributed by atoms with van der Waals surface area (Å²) in [5, 5.41) is 22.0. The molecule has 2 aromatic carbocycles. The molecule has 1 atom stereocenters. The van der Waals surface area contributed by atoms with Crippen LogP contribution in [0.3, 0.4) is 0 Å². The molecule has 0 aromatic heterocycles. The van der Waals surface area contributed by atoms with Gasteiger partial charge < -0.3 is 10.0 Å². The molecule has 2 aliphatic rings. The summed E-state index contributed by atoms with van der Waals surface area (Å²) in [6.45, 7) is 0.510. The number of nitrogens with zero attached hydrogens (tertiary/aromatic N) is 2. The quantitative estimate of drug-likeness (QED) is 0.517. The molecule has 0 saturated heterocycles. The highest BCUT2D eigenvalue weighted by Crippen LogP contribution is 2.46. The van der Waals surface area contributed by atoms with Crippen molar-refractivity contribution in [1.29, 1.82) is 0 Å². The average molecular weight is 352 g/mol. The second kappa shape index (κ2) is 5.74. The fourth-order valence-corrected chi connectivity index (χ4v) is 3.82. The molecule has 1 N–H and O–H groups in total. The molecule has 0 aliphatic carbocycles. The van der Waals surface area contributed by atoms with E-state index in [1.165, 1.54) is 18.2 Å². The Balaban J connectivity index is 1.71. The van der Waals surface area contributed by atoms with E-state index in [1.807, 2.05) is 6.07 Å². The van der Waals surface area contributed by atoms with Gasteiger partial charge >= 0.3 is 0 Å². The minimum Gasteiger partial charge on any atom is -0.375 e. The topological polar surface area (TPSA) is 101 Å². The van der Waals surface area contributed by atoms with Crippen LogP contribution in [0, 0.1) is 10.1 Å². The molecule has 26 heavy (non-hydrogen) atoms. The van der Waals surface area contributed by atoms with Gasteiger partial charge in [0.15, 0.2) is 11.4 Å². The number of carbonyl (C=O) groups excluding carboxylic acids is 2. The number of aryl methyl sites for hydroxylation is 1. The lowest BCUT2D eigenvalue weighted by atomic mass is 9.87. The fraction of sp³-hybridized carbons (Fsp3) is 0.263. The monoisotopic (exact) mass is 352 g/mol. The number of anilines is 1. The molecular formula is C19H16N2O5. The Labute approximate surface area is 149 Å². The Kier molecular flexibility index (Phi) is 3.62. The highest BCUT2D eigenvalue weighted by atomic mass is 16.6. The molecule has 0 radical (unpaired) electrons. The smallest absolute Gasteiger partial charge is 0.270 e. The molecule has 7 heteroatoms. The second-order valence-electron chi connectivity index (χ2n) is 6.64. The number of carbonyl (C=O) groups is 2. The first-order valence-electron chi connectivity index (χ1n) is 8.36. The van der Waals surface area contributed by atoms with Crippen LogP contribution in [0.2, 0.25) is 0 Å². The van der Waals surface area contributed by atoms with E-state index in [-0.39, 0.29) is 11.3 Å². The number of amides is 1. The number of hydrogen-bond donors (Lipinski definition) is 1. The second-order valence-corrected chi connectivity index (χ2v) is 6.64. The molecule has 0 saturated carbocycles. The van der Waals surface area contributed by atoms with Crippen LogP contribution < -0.4 is 4.90 Å². The normalized spacial score (nSPS) is 20.8. The van der Waals surface area contributed by atoms with Gasteiger partial charge in [-0.15, -0.1) is 0 Å². The van der Waals surface area contributed by atoms with Crippen LogP contribution in [0.1, 0.15) is 34.3 Å². The van der Waals surface area contributed by atoms with E-state index in [0.29, 0.717) is 17.8 Å². The number of ketones is 1. The number of para-hydroxylation sites is 1. The van der Waals surface area contributed by atoms with Crippen molar-refractivity contribution >= 4 is 23.1 Å². The Morgan fingerprint density at radius 1 is 1.27 bits per heavy atom. The molecule has 2 aliphatic heterocycles. The van der Waals surface area contributed by atoms with Crippen LogP contribution in [0.15, 0.2) is 42.5 Å². The minimum absolute atomic E-state index is 0.103. The lowest BCUT2D eigenvalue weighted by Gasteiger charge is -2.25. The molecule has 2 heterocycles. The first-order chi connectivity index (χ1) is 12.4. The zero-order chi connectivity index (χ0) is 18.5. The number of rotatable bonds is 4. The fourth-order valence-electron chi connectivity index (χ4n) is 3.82. The highest BCUT2D eigenvalue weighted by Gasteiger charge is 2.52. The van der Waals surface area contributed by atoms with Gasteiger partial charge in [-0.2, -0.15) is 0 Å². The summed E-state index contributed by atoms with van der Waals surface area (Å²) >= 11 is 0. The van der Waals surface area contributed by atoms with Crippen molar-refractivity contribution in [2.75, 3.05) is 11.4 Å². The van der Waals surface area contributed by atoms with E-state index >= 15 is 0 Å². The Morgan fingerprint density at radius 2 is 2.04 bits per heavy atom. The van der Waals surface area contributed by atoms with Crippen molar-refractivity contribution in [1.82, 2.24) is 0 Å².